The lowest BCUT2D eigenvalue weighted by Crippen LogP contribution is -2.41. The standard InChI is InChI=1S/C22H27NO6S/c1-14(2)15-5-7-17(8-6-15)30(26,27)23-10-9-16-11-20(28-3)21(29-4)12-18(16)19(23)13-22(24)25/h5-8,11-12,14,19H,9-10,13H2,1-4H3,(H,24,25)/t19-/m0/s1. The summed E-state index contributed by atoms with van der Waals surface area (Å²) in [6, 6.07) is 9.43. The van der Waals surface area contributed by atoms with Crippen LogP contribution in [0.15, 0.2) is 41.3 Å². The minimum Gasteiger partial charge on any atom is -0.493 e. The van der Waals surface area contributed by atoms with Crippen LogP contribution in [0.4, 0.5) is 0 Å². The largest absolute Gasteiger partial charge is 0.493 e. The highest BCUT2D eigenvalue weighted by molar-refractivity contribution is 7.89. The van der Waals surface area contributed by atoms with Crippen LogP contribution in [0.3, 0.4) is 0 Å². The molecule has 3 rings (SSSR count). The van der Waals surface area contributed by atoms with Crippen LogP contribution >= 0.6 is 0 Å². The zero-order chi connectivity index (χ0) is 22.1. The van der Waals surface area contributed by atoms with Crippen molar-refractivity contribution in [3.8, 4) is 11.5 Å². The molecule has 0 saturated heterocycles. The van der Waals surface area contributed by atoms with Gasteiger partial charge in [0.2, 0.25) is 10.0 Å². The van der Waals surface area contributed by atoms with Crippen molar-refractivity contribution >= 4 is 16.0 Å². The number of rotatable bonds is 7. The molecule has 2 aromatic rings. The summed E-state index contributed by atoms with van der Waals surface area (Å²) in [6.45, 7) is 4.26. The molecule has 2 aromatic carbocycles. The van der Waals surface area contributed by atoms with Crippen molar-refractivity contribution in [2.45, 2.75) is 43.5 Å². The van der Waals surface area contributed by atoms with Gasteiger partial charge in [-0.05, 0) is 53.3 Å². The Labute approximate surface area is 177 Å². The third-order valence-corrected chi connectivity index (χ3v) is 7.40. The van der Waals surface area contributed by atoms with E-state index in [9.17, 15) is 18.3 Å². The molecule has 0 unspecified atom stereocenters. The van der Waals surface area contributed by atoms with E-state index in [2.05, 4.69) is 0 Å². The summed E-state index contributed by atoms with van der Waals surface area (Å²) in [5.41, 5.74) is 2.53. The first kappa shape index (κ1) is 22.1. The molecule has 1 atom stereocenters. The number of aliphatic carboxylic acids is 1. The lowest BCUT2D eigenvalue weighted by Gasteiger charge is -2.36. The quantitative estimate of drug-likeness (QED) is 0.717. The van der Waals surface area contributed by atoms with E-state index in [-0.39, 0.29) is 23.8 Å². The Morgan fingerprint density at radius 1 is 1.13 bits per heavy atom. The molecule has 0 amide bonds. The van der Waals surface area contributed by atoms with Crippen LogP contribution in [-0.2, 0) is 21.2 Å². The van der Waals surface area contributed by atoms with Gasteiger partial charge in [-0.1, -0.05) is 26.0 Å². The van der Waals surface area contributed by atoms with Crippen LogP contribution in [0.2, 0.25) is 0 Å². The van der Waals surface area contributed by atoms with Crippen molar-refractivity contribution in [1.82, 2.24) is 4.31 Å². The van der Waals surface area contributed by atoms with Crippen molar-refractivity contribution < 1.29 is 27.8 Å². The summed E-state index contributed by atoms with van der Waals surface area (Å²) in [5, 5.41) is 9.49. The highest BCUT2D eigenvalue weighted by Gasteiger charge is 2.38. The summed E-state index contributed by atoms with van der Waals surface area (Å²) in [5.74, 6) is 0.182. The second-order valence-corrected chi connectivity index (χ2v) is 9.50. The van der Waals surface area contributed by atoms with Crippen molar-refractivity contribution in [2.75, 3.05) is 20.8 Å². The van der Waals surface area contributed by atoms with E-state index >= 15 is 0 Å². The molecule has 1 aliphatic rings. The minimum atomic E-state index is -3.88. The summed E-state index contributed by atoms with van der Waals surface area (Å²) < 4.78 is 38.8. The summed E-state index contributed by atoms with van der Waals surface area (Å²) in [4.78, 5) is 11.8. The van der Waals surface area contributed by atoms with Crippen molar-refractivity contribution in [1.29, 1.82) is 0 Å². The van der Waals surface area contributed by atoms with Gasteiger partial charge in [-0.25, -0.2) is 8.42 Å². The second kappa shape index (κ2) is 8.65. The first-order valence-corrected chi connectivity index (χ1v) is 11.2. The van der Waals surface area contributed by atoms with E-state index in [1.165, 1.54) is 18.5 Å². The predicted octanol–water partition coefficient (Wildman–Crippen LogP) is 3.59. The molecular weight excluding hydrogens is 406 g/mol. The highest BCUT2D eigenvalue weighted by atomic mass is 32.2. The van der Waals surface area contributed by atoms with E-state index in [1.807, 2.05) is 13.8 Å². The van der Waals surface area contributed by atoms with Crippen molar-refractivity contribution in [3.05, 3.63) is 53.1 Å². The van der Waals surface area contributed by atoms with Crippen LogP contribution < -0.4 is 9.47 Å². The van der Waals surface area contributed by atoms with Gasteiger partial charge in [-0.15, -0.1) is 0 Å². The summed E-state index contributed by atoms with van der Waals surface area (Å²) >= 11 is 0. The molecule has 162 valence electrons. The van der Waals surface area contributed by atoms with Crippen molar-refractivity contribution in [3.63, 3.8) is 0 Å². The zero-order valence-electron chi connectivity index (χ0n) is 17.6. The minimum absolute atomic E-state index is 0.159. The molecule has 7 nitrogen and oxygen atoms in total. The number of methoxy groups -OCH3 is 2. The number of nitrogens with zero attached hydrogens (tertiary/aromatic N) is 1. The van der Waals surface area contributed by atoms with Gasteiger partial charge in [0, 0.05) is 6.54 Å². The first-order valence-electron chi connectivity index (χ1n) is 9.77. The monoisotopic (exact) mass is 433 g/mol. The van der Waals surface area contributed by atoms with Gasteiger partial charge >= 0.3 is 5.97 Å². The van der Waals surface area contributed by atoms with Gasteiger partial charge in [0.1, 0.15) is 0 Å². The fourth-order valence-electron chi connectivity index (χ4n) is 3.83. The normalized spacial score (nSPS) is 16.9. The number of carboxylic acids is 1. The van der Waals surface area contributed by atoms with Gasteiger partial charge in [0.25, 0.3) is 0 Å². The smallest absolute Gasteiger partial charge is 0.305 e. The number of hydrogen-bond acceptors (Lipinski definition) is 5. The molecule has 0 saturated carbocycles. The molecule has 0 bridgehead atoms. The van der Waals surface area contributed by atoms with E-state index in [0.717, 1.165) is 11.1 Å². The topological polar surface area (TPSA) is 93.1 Å². The molecular formula is C22H27NO6S. The maximum absolute atomic E-state index is 13.4. The number of fused-ring (bicyclic) bond motifs is 1. The Bertz CT molecular complexity index is 1030. The fourth-order valence-corrected chi connectivity index (χ4v) is 5.44. The van der Waals surface area contributed by atoms with Gasteiger partial charge in [0.05, 0.1) is 31.6 Å². The van der Waals surface area contributed by atoms with Crippen LogP contribution in [0.25, 0.3) is 0 Å². The number of benzene rings is 2. The molecule has 0 aliphatic carbocycles. The molecule has 1 N–H and O–H groups in total. The Kier molecular flexibility index (Phi) is 6.38. The molecule has 8 heteroatoms. The highest BCUT2D eigenvalue weighted by Crippen LogP contribution is 2.41. The lowest BCUT2D eigenvalue weighted by molar-refractivity contribution is -0.138. The maximum atomic E-state index is 13.4. The van der Waals surface area contributed by atoms with Gasteiger partial charge < -0.3 is 14.6 Å². The van der Waals surface area contributed by atoms with Crippen LogP contribution in [0, 0.1) is 0 Å². The first-order chi connectivity index (χ1) is 14.2. The molecule has 1 heterocycles. The Morgan fingerprint density at radius 2 is 1.73 bits per heavy atom. The average Bonchev–Trinajstić information content (AvgIpc) is 2.72. The molecule has 0 radical (unpaired) electrons. The molecule has 0 fully saturated rings. The number of carbonyl (C=O) groups is 1. The van der Waals surface area contributed by atoms with Gasteiger partial charge in [-0.3, -0.25) is 4.79 Å². The van der Waals surface area contributed by atoms with Gasteiger partial charge in [-0.2, -0.15) is 4.31 Å². The van der Waals surface area contributed by atoms with Crippen LogP contribution in [0.1, 0.15) is 48.9 Å². The van der Waals surface area contributed by atoms with Gasteiger partial charge in [0.15, 0.2) is 11.5 Å². The van der Waals surface area contributed by atoms with E-state index in [1.54, 1.807) is 36.4 Å². The Hall–Kier alpha value is -2.58. The lowest BCUT2D eigenvalue weighted by atomic mass is 9.92. The zero-order valence-corrected chi connectivity index (χ0v) is 18.4. The fraction of sp³-hybridized carbons (Fsp3) is 0.409. The molecule has 30 heavy (non-hydrogen) atoms. The molecule has 0 aromatic heterocycles. The number of ether oxygens (including phenoxy) is 2. The second-order valence-electron chi connectivity index (χ2n) is 7.61. The maximum Gasteiger partial charge on any atom is 0.305 e. The summed E-state index contributed by atoms with van der Waals surface area (Å²) in [6.07, 6.45) is 0.112. The Morgan fingerprint density at radius 3 is 2.27 bits per heavy atom. The molecule has 1 aliphatic heterocycles. The third-order valence-electron chi connectivity index (χ3n) is 5.47. The van der Waals surface area contributed by atoms with E-state index < -0.39 is 22.0 Å². The average molecular weight is 434 g/mol. The number of carboxylic acid groups (broad SMARTS) is 1. The van der Waals surface area contributed by atoms with Crippen LogP contribution in [-0.4, -0.2) is 44.6 Å². The number of hydrogen-bond donors (Lipinski definition) is 1. The SMILES string of the molecule is COc1cc2c(cc1OC)[C@H](CC(=O)O)N(S(=O)(=O)c1ccc(C(C)C)cc1)CC2. The van der Waals surface area contributed by atoms with E-state index in [0.29, 0.717) is 23.5 Å². The summed E-state index contributed by atoms with van der Waals surface area (Å²) in [7, 11) is -0.862. The van der Waals surface area contributed by atoms with Crippen molar-refractivity contribution in [2.24, 2.45) is 0 Å². The third kappa shape index (κ3) is 4.15. The number of sulfonamides is 1. The van der Waals surface area contributed by atoms with E-state index in [4.69, 9.17) is 9.47 Å². The Balaban J connectivity index is 2.07. The predicted molar refractivity (Wildman–Crippen MR) is 113 cm³/mol. The molecule has 0 spiro atoms. The van der Waals surface area contributed by atoms with Crippen LogP contribution in [0.5, 0.6) is 11.5 Å².